The van der Waals surface area contributed by atoms with Crippen molar-refractivity contribution in [1.82, 2.24) is 0 Å². The number of hydrogen-bond donors (Lipinski definition) is 1. The molecule has 0 radical (unpaired) electrons. The summed E-state index contributed by atoms with van der Waals surface area (Å²) >= 11 is 2.06. The molecular weight excluding hydrogens is 214 g/mol. The van der Waals surface area contributed by atoms with Gasteiger partial charge in [-0.05, 0) is 42.9 Å². The Balaban J connectivity index is 1.86. The third kappa shape index (κ3) is 1.84. The molecule has 1 N–H and O–H groups in total. The Morgan fingerprint density at radius 1 is 1.25 bits per heavy atom. The third-order valence-corrected chi connectivity index (χ3v) is 5.39. The Kier molecular flexibility index (Phi) is 2.62. The predicted octanol–water partition coefficient (Wildman–Crippen LogP) is 4.07. The molecule has 0 atom stereocenters. The van der Waals surface area contributed by atoms with Crippen LogP contribution in [0, 0.1) is 12.3 Å². The quantitative estimate of drug-likeness (QED) is 0.725. The van der Waals surface area contributed by atoms with Crippen molar-refractivity contribution in [2.75, 3.05) is 17.6 Å². The minimum absolute atomic E-state index is 0.581. The highest BCUT2D eigenvalue weighted by Crippen LogP contribution is 2.45. The molecule has 0 unspecified atom stereocenters. The first-order valence-electron chi connectivity index (χ1n) is 6.25. The molecule has 0 amide bonds. The average molecular weight is 233 g/mol. The van der Waals surface area contributed by atoms with Gasteiger partial charge in [-0.1, -0.05) is 18.9 Å². The molecule has 3 rings (SSSR count). The monoisotopic (exact) mass is 233 g/mol. The Labute approximate surface area is 102 Å². The fraction of sp³-hybridized carbons (Fsp3) is 0.571. The zero-order chi connectivity index (χ0) is 11.0. The van der Waals surface area contributed by atoms with Crippen LogP contribution in [-0.4, -0.2) is 12.3 Å². The Morgan fingerprint density at radius 3 is 2.88 bits per heavy atom. The smallest absolute Gasteiger partial charge is 0.0478 e. The minimum atomic E-state index is 0.581. The van der Waals surface area contributed by atoms with E-state index in [2.05, 4.69) is 42.2 Å². The fourth-order valence-electron chi connectivity index (χ4n) is 2.91. The van der Waals surface area contributed by atoms with Crippen LogP contribution in [0.2, 0.25) is 0 Å². The van der Waals surface area contributed by atoms with E-state index in [1.54, 1.807) is 0 Å². The summed E-state index contributed by atoms with van der Waals surface area (Å²) in [7, 11) is 0. The van der Waals surface area contributed by atoms with Gasteiger partial charge in [0, 0.05) is 22.9 Å². The summed E-state index contributed by atoms with van der Waals surface area (Å²) < 4.78 is 0. The van der Waals surface area contributed by atoms with Crippen LogP contribution in [0.25, 0.3) is 0 Å². The van der Waals surface area contributed by atoms with Gasteiger partial charge in [0.25, 0.3) is 0 Å². The van der Waals surface area contributed by atoms with E-state index in [-0.39, 0.29) is 0 Å². The number of nitrogens with one attached hydrogen (secondary N) is 1. The van der Waals surface area contributed by atoms with Crippen LogP contribution in [0.1, 0.15) is 31.2 Å². The minimum Gasteiger partial charge on any atom is -0.384 e. The lowest BCUT2D eigenvalue weighted by Crippen LogP contribution is -2.27. The molecular formula is C14H19NS. The molecule has 1 saturated carbocycles. The molecule has 1 aliphatic heterocycles. The summed E-state index contributed by atoms with van der Waals surface area (Å²) in [5.41, 5.74) is 3.30. The lowest BCUT2D eigenvalue weighted by atomic mass is 9.88. The van der Waals surface area contributed by atoms with Gasteiger partial charge in [-0.3, -0.25) is 0 Å². The van der Waals surface area contributed by atoms with E-state index in [0.717, 1.165) is 0 Å². The molecule has 0 bridgehead atoms. The van der Waals surface area contributed by atoms with Gasteiger partial charge in [0.1, 0.15) is 0 Å². The maximum absolute atomic E-state index is 3.66. The number of aryl methyl sites for hydroxylation is 1. The van der Waals surface area contributed by atoms with Gasteiger partial charge in [-0.2, -0.15) is 0 Å². The highest BCUT2D eigenvalue weighted by molar-refractivity contribution is 7.99. The summed E-state index contributed by atoms with van der Waals surface area (Å²) in [5, 5.41) is 3.66. The van der Waals surface area contributed by atoms with Gasteiger partial charge in [0.05, 0.1) is 0 Å². The average Bonchev–Trinajstić information content (AvgIpc) is 2.66. The summed E-state index contributed by atoms with van der Waals surface area (Å²) in [6, 6.07) is 6.77. The Bertz CT molecular complexity index is 394. The van der Waals surface area contributed by atoms with E-state index >= 15 is 0 Å². The SMILES string of the molecule is Cc1ccc2c(c1)SCC1(CCCC1)CN2. The first kappa shape index (κ1) is 10.5. The summed E-state index contributed by atoms with van der Waals surface area (Å²) in [4.78, 5) is 1.45. The van der Waals surface area contributed by atoms with E-state index in [4.69, 9.17) is 0 Å². The topological polar surface area (TPSA) is 12.0 Å². The Morgan fingerprint density at radius 2 is 2.06 bits per heavy atom. The molecule has 0 aromatic heterocycles. The van der Waals surface area contributed by atoms with E-state index < -0.39 is 0 Å². The van der Waals surface area contributed by atoms with Crippen molar-refractivity contribution in [3.63, 3.8) is 0 Å². The molecule has 0 saturated heterocycles. The van der Waals surface area contributed by atoms with Crippen LogP contribution < -0.4 is 5.32 Å². The van der Waals surface area contributed by atoms with E-state index in [9.17, 15) is 0 Å². The van der Waals surface area contributed by atoms with E-state index in [1.807, 2.05) is 0 Å². The highest BCUT2D eigenvalue weighted by Gasteiger charge is 2.35. The predicted molar refractivity (Wildman–Crippen MR) is 71.3 cm³/mol. The lowest BCUT2D eigenvalue weighted by Gasteiger charge is -2.26. The second-order valence-corrected chi connectivity index (χ2v) is 6.37. The maximum Gasteiger partial charge on any atom is 0.0478 e. The standard InChI is InChI=1S/C14H19NS/c1-11-4-5-12-13(8-11)16-10-14(9-15-12)6-2-3-7-14/h4-5,8,15H,2-3,6-7,9-10H2,1H3. The largest absolute Gasteiger partial charge is 0.384 e. The molecule has 1 spiro atoms. The van der Waals surface area contributed by atoms with Crippen molar-refractivity contribution in [1.29, 1.82) is 0 Å². The van der Waals surface area contributed by atoms with Gasteiger partial charge in [0.2, 0.25) is 0 Å². The van der Waals surface area contributed by atoms with Crippen molar-refractivity contribution in [2.45, 2.75) is 37.5 Å². The molecule has 86 valence electrons. The number of rotatable bonds is 0. The molecule has 1 fully saturated rings. The van der Waals surface area contributed by atoms with Gasteiger partial charge < -0.3 is 5.32 Å². The van der Waals surface area contributed by atoms with Gasteiger partial charge in [0.15, 0.2) is 0 Å². The maximum atomic E-state index is 3.66. The van der Waals surface area contributed by atoms with Crippen molar-refractivity contribution in [3.05, 3.63) is 23.8 Å². The second-order valence-electron chi connectivity index (χ2n) is 5.35. The molecule has 2 aliphatic rings. The van der Waals surface area contributed by atoms with Crippen LogP contribution in [0.3, 0.4) is 0 Å². The second kappa shape index (κ2) is 3.99. The number of anilines is 1. The van der Waals surface area contributed by atoms with Gasteiger partial charge in [-0.15, -0.1) is 11.8 Å². The van der Waals surface area contributed by atoms with Crippen LogP contribution in [0.5, 0.6) is 0 Å². The highest BCUT2D eigenvalue weighted by atomic mass is 32.2. The molecule has 2 heteroatoms. The fourth-order valence-corrected chi connectivity index (χ4v) is 4.32. The van der Waals surface area contributed by atoms with E-state index in [0.29, 0.717) is 5.41 Å². The summed E-state index contributed by atoms with van der Waals surface area (Å²) in [6.07, 6.45) is 5.69. The Hall–Kier alpha value is -0.630. The van der Waals surface area contributed by atoms with Crippen LogP contribution in [-0.2, 0) is 0 Å². The summed E-state index contributed by atoms with van der Waals surface area (Å²) in [5.74, 6) is 1.30. The molecule has 1 nitrogen and oxygen atoms in total. The number of benzene rings is 1. The van der Waals surface area contributed by atoms with Crippen molar-refractivity contribution >= 4 is 17.4 Å². The van der Waals surface area contributed by atoms with Crippen molar-refractivity contribution in [3.8, 4) is 0 Å². The number of hydrogen-bond acceptors (Lipinski definition) is 2. The molecule has 16 heavy (non-hydrogen) atoms. The van der Waals surface area contributed by atoms with Crippen molar-refractivity contribution in [2.24, 2.45) is 5.41 Å². The molecule has 1 heterocycles. The van der Waals surface area contributed by atoms with Crippen molar-refractivity contribution < 1.29 is 0 Å². The number of thioether (sulfide) groups is 1. The first-order chi connectivity index (χ1) is 7.77. The lowest BCUT2D eigenvalue weighted by molar-refractivity contribution is 0.373. The van der Waals surface area contributed by atoms with Crippen LogP contribution >= 0.6 is 11.8 Å². The van der Waals surface area contributed by atoms with Gasteiger partial charge >= 0.3 is 0 Å². The normalized spacial score (nSPS) is 22.6. The molecule has 1 aromatic carbocycles. The number of fused-ring (bicyclic) bond motifs is 1. The van der Waals surface area contributed by atoms with E-state index in [1.165, 1.54) is 54.1 Å². The molecule has 1 aliphatic carbocycles. The van der Waals surface area contributed by atoms with Crippen LogP contribution in [0.4, 0.5) is 5.69 Å². The third-order valence-electron chi connectivity index (χ3n) is 3.99. The first-order valence-corrected chi connectivity index (χ1v) is 7.23. The van der Waals surface area contributed by atoms with Crippen LogP contribution in [0.15, 0.2) is 23.1 Å². The van der Waals surface area contributed by atoms with Gasteiger partial charge in [-0.25, -0.2) is 0 Å². The molecule has 1 aromatic rings. The zero-order valence-corrected chi connectivity index (χ0v) is 10.7. The summed E-state index contributed by atoms with van der Waals surface area (Å²) in [6.45, 7) is 3.35. The zero-order valence-electron chi connectivity index (χ0n) is 9.88.